The fourth-order valence-corrected chi connectivity index (χ4v) is 3.88. The van der Waals surface area contributed by atoms with E-state index in [1.807, 2.05) is 11.8 Å². The molecule has 3 heteroatoms. The Morgan fingerprint density at radius 3 is 2.12 bits per heavy atom. The highest BCUT2D eigenvalue weighted by Gasteiger charge is 2.19. The molecule has 0 saturated heterocycles. The summed E-state index contributed by atoms with van der Waals surface area (Å²) in [4.78, 5) is 1.30. The van der Waals surface area contributed by atoms with Gasteiger partial charge >= 0.3 is 0 Å². The SMILES string of the molecule is CC(C)c1cccc(C(C)C)c1-n1cc[n+](CSc2ccccc2)c1. The first kappa shape index (κ1) is 17.8. The zero-order valence-corrected chi connectivity index (χ0v) is 16.3. The van der Waals surface area contributed by atoms with Crippen LogP contribution < -0.4 is 4.57 Å². The molecular formula is C22H27N2S+. The monoisotopic (exact) mass is 351 g/mol. The lowest BCUT2D eigenvalue weighted by atomic mass is 9.92. The lowest BCUT2D eigenvalue weighted by Crippen LogP contribution is -2.29. The van der Waals surface area contributed by atoms with Gasteiger partial charge in [0.25, 0.3) is 0 Å². The van der Waals surface area contributed by atoms with Crippen LogP contribution in [-0.2, 0) is 5.88 Å². The molecule has 3 aromatic rings. The van der Waals surface area contributed by atoms with Gasteiger partial charge in [0.2, 0.25) is 6.33 Å². The van der Waals surface area contributed by atoms with Gasteiger partial charge in [-0.3, -0.25) is 0 Å². The number of rotatable bonds is 6. The van der Waals surface area contributed by atoms with Crippen LogP contribution >= 0.6 is 11.8 Å². The van der Waals surface area contributed by atoms with Gasteiger partial charge in [-0.25, -0.2) is 9.13 Å². The van der Waals surface area contributed by atoms with Crippen LogP contribution in [0, 0.1) is 0 Å². The Morgan fingerprint density at radius 2 is 1.52 bits per heavy atom. The number of aromatic nitrogens is 2. The summed E-state index contributed by atoms with van der Waals surface area (Å²) in [6.45, 7) is 9.08. The van der Waals surface area contributed by atoms with Gasteiger partial charge < -0.3 is 0 Å². The molecule has 0 atom stereocenters. The Labute approximate surface area is 155 Å². The first-order valence-corrected chi connectivity index (χ1v) is 9.93. The highest BCUT2D eigenvalue weighted by molar-refractivity contribution is 7.98. The van der Waals surface area contributed by atoms with Crippen LogP contribution in [-0.4, -0.2) is 4.57 Å². The summed E-state index contributed by atoms with van der Waals surface area (Å²) >= 11 is 1.85. The minimum atomic E-state index is 0.503. The maximum absolute atomic E-state index is 2.29. The summed E-state index contributed by atoms with van der Waals surface area (Å²) in [5, 5.41) is 0. The van der Waals surface area contributed by atoms with Crippen molar-refractivity contribution < 1.29 is 4.57 Å². The van der Waals surface area contributed by atoms with E-state index in [9.17, 15) is 0 Å². The second-order valence-electron chi connectivity index (χ2n) is 7.02. The van der Waals surface area contributed by atoms with Gasteiger partial charge in [-0.15, -0.1) is 0 Å². The average Bonchev–Trinajstić information content (AvgIpc) is 3.08. The number of imidazole rings is 1. The molecule has 0 N–H and O–H groups in total. The van der Waals surface area contributed by atoms with Crippen molar-refractivity contribution in [2.24, 2.45) is 0 Å². The Balaban J connectivity index is 1.89. The van der Waals surface area contributed by atoms with Gasteiger partial charge in [0.15, 0.2) is 0 Å². The van der Waals surface area contributed by atoms with E-state index in [4.69, 9.17) is 0 Å². The standard InChI is InChI=1S/C22H27N2S/c1-17(2)20-11-8-12-21(18(3)4)22(20)24-14-13-23(15-24)16-25-19-9-6-5-7-10-19/h5-15,17-18H,16H2,1-4H3/q+1. The molecule has 0 aliphatic carbocycles. The molecule has 0 aliphatic heterocycles. The minimum absolute atomic E-state index is 0.503. The van der Waals surface area contributed by atoms with Crippen molar-refractivity contribution in [1.29, 1.82) is 0 Å². The molecule has 25 heavy (non-hydrogen) atoms. The summed E-state index contributed by atoms with van der Waals surface area (Å²) in [6, 6.07) is 17.3. The zero-order chi connectivity index (χ0) is 17.8. The molecule has 2 nitrogen and oxygen atoms in total. The van der Waals surface area contributed by atoms with Crippen LogP contribution in [0.2, 0.25) is 0 Å². The molecule has 3 rings (SSSR count). The third kappa shape index (κ3) is 4.16. The molecule has 0 saturated carbocycles. The van der Waals surface area contributed by atoms with E-state index in [0.29, 0.717) is 11.8 Å². The van der Waals surface area contributed by atoms with Crippen LogP contribution in [0.5, 0.6) is 0 Å². The van der Waals surface area contributed by atoms with Crippen molar-refractivity contribution in [2.45, 2.75) is 50.3 Å². The van der Waals surface area contributed by atoms with E-state index in [2.05, 4.69) is 104 Å². The van der Waals surface area contributed by atoms with Crippen molar-refractivity contribution >= 4 is 11.8 Å². The molecule has 0 bridgehead atoms. The van der Waals surface area contributed by atoms with Gasteiger partial charge in [-0.05, 0) is 24.0 Å². The molecule has 0 unspecified atom stereocenters. The van der Waals surface area contributed by atoms with E-state index in [-0.39, 0.29) is 0 Å². The van der Waals surface area contributed by atoms with Gasteiger partial charge in [0.1, 0.15) is 24.0 Å². The van der Waals surface area contributed by atoms with Gasteiger partial charge in [0, 0.05) is 16.0 Å². The summed E-state index contributed by atoms with van der Waals surface area (Å²) < 4.78 is 4.54. The van der Waals surface area contributed by atoms with E-state index < -0.39 is 0 Å². The van der Waals surface area contributed by atoms with Crippen LogP contribution in [0.1, 0.15) is 50.7 Å². The molecule has 0 spiro atoms. The van der Waals surface area contributed by atoms with Gasteiger partial charge in [0.05, 0.1) is 0 Å². The first-order valence-electron chi connectivity index (χ1n) is 8.94. The Kier molecular flexibility index (Phi) is 5.64. The summed E-state index contributed by atoms with van der Waals surface area (Å²) in [5.74, 6) is 1.92. The van der Waals surface area contributed by atoms with Crippen LogP contribution in [0.25, 0.3) is 5.69 Å². The quantitative estimate of drug-likeness (QED) is 0.405. The number of para-hydroxylation sites is 1. The largest absolute Gasteiger partial charge is 0.249 e. The predicted octanol–water partition coefficient (Wildman–Crippen LogP) is 5.76. The highest BCUT2D eigenvalue weighted by atomic mass is 32.2. The number of hydrogen-bond donors (Lipinski definition) is 0. The first-order chi connectivity index (χ1) is 12.1. The second kappa shape index (κ2) is 7.92. The summed E-state index contributed by atoms with van der Waals surface area (Å²) in [5.41, 5.74) is 4.16. The lowest BCUT2D eigenvalue weighted by Gasteiger charge is -2.16. The molecule has 0 amide bonds. The van der Waals surface area contributed by atoms with Crippen molar-refractivity contribution in [3.05, 3.63) is 78.4 Å². The molecule has 1 aromatic heterocycles. The fraction of sp³-hybridized carbons (Fsp3) is 0.318. The molecular weight excluding hydrogens is 324 g/mol. The Hall–Kier alpha value is -2.00. The smallest absolute Gasteiger partial charge is 0.227 e. The molecule has 1 heterocycles. The predicted molar refractivity (Wildman–Crippen MR) is 106 cm³/mol. The Bertz CT molecular complexity index is 793. The maximum atomic E-state index is 2.29. The van der Waals surface area contributed by atoms with Crippen molar-refractivity contribution in [3.8, 4) is 5.69 Å². The average molecular weight is 352 g/mol. The normalized spacial score (nSPS) is 11.4. The summed E-state index contributed by atoms with van der Waals surface area (Å²) in [6.07, 6.45) is 6.55. The molecule has 0 aliphatic rings. The third-order valence-corrected chi connectivity index (χ3v) is 5.45. The third-order valence-electron chi connectivity index (χ3n) is 4.42. The van der Waals surface area contributed by atoms with Crippen LogP contribution in [0.15, 0.2) is 72.1 Å². The fourth-order valence-electron chi connectivity index (χ4n) is 3.08. The van der Waals surface area contributed by atoms with Crippen molar-refractivity contribution in [3.63, 3.8) is 0 Å². The molecule has 0 radical (unpaired) electrons. The summed E-state index contributed by atoms with van der Waals surface area (Å²) in [7, 11) is 0. The number of thioether (sulfide) groups is 1. The van der Waals surface area contributed by atoms with Crippen LogP contribution in [0.4, 0.5) is 0 Å². The van der Waals surface area contributed by atoms with Crippen LogP contribution in [0.3, 0.4) is 0 Å². The number of hydrogen-bond acceptors (Lipinski definition) is 1. The minimum Gasteiger partial charge on any atom is -0.227 e. The van der Waals surface area contributed by atoms with E-state index in [0.717, 1.165) is 5.88 Å². The zero-order valence-electron chi connectivity index (χ0n) is 15.5. The van der Waals surface area contributed by atoms with Gasteiger partial charge in [-0.1, -0.05) is 75.9 Å². The van der Waals surface area contributed by atoms with E-state index >= 15 is 0 Å². The van der Waals surface area contributed by atoms with Crippen molar-refractivity contribution in [2.75, 3.05) is 0 Å². The Morgan fingerprint density at radius 1 is 0.880 bits per heavy atom. The molecule has 2 aromatic carbocycles. The maximum Gasteiger partial charge on any atom is 0.249 e. The molecule has 0 fully saturated rings. The lowest BCUT2D eigenvalue weighted by molar-refractivity contribution is -0.675. The van der Waals surface area contributed by atoms with E-state index in [1.54, 1.807) is 0 Å². The topological polar surface area (TPSA) is 8.81 Å². The van der Waals surface area contributed by atoms with E-state index in [1.165, 1.54) is 21.7 Å². The highest BCUT2D eigenvalue weighted by Crippen LogP contribution is 2.30. The second-order valence-corrected chi connectivity index (χ2v) is 8.03. The van der Waals surface area contributed by atoms with Gasteiger partial charge in [-0.2, -0.15) is 0 Å². The van der Waals surface area contributed by atoms with Crippen molar-refractivity contribution in [1.82, 2.24) is 4.57 Å². The molecule has 130 valence electrons. The number of nitrogens with zero attached hydrogens (tertiary/aromatic N) is 2. The number of benzene rings is 2.